The summed E-state index contributed by atoms with van der Waals surface area (Å²) in [5.74, 6) is 0.967. The van der Waals surface area contributed by atoms with Crippen LogP contribution < -0.4 is 19.7 Å². The summed E-state index contributed by atoms with van der Waals surface area (Å²) in [7, 11) is 0. The maximum atomic E-state index is 13.9. The lowest BCUT2D eigenvalue weighted by molar-refractivity contribution is 0.172. The Morgan fingerprint density at radius 1 is 0.962 bits per heavy atom. The molecule has 0 unspecified atom stereocenters. The lowest BCUT2D eigenvalue weighted by Crippen LogP contribution is -2.50. The van der Waals surface area contributed by atoms with Crippen molar-refractivity contribution in [3.63, 3.8) is 0 Å². The topological polar surface area (TPSA) is 54.0 Å². The second kappa shape index (κ2) is 7.11. The molecule has 1 saturated heterocycles. The molecule has 4 rings (SSSR count). The van der Waals surface area contributed by atoms with Crippen LogP contribution in [0.15, 0.2) is 42.5 Å². The number of nitrogens with one attached hydrogen (secondary N) is 1. The van der Waals surface area contributed by atoms with Crippen LogP contribution >= 0.6 is 0 Å². The Labute approximate surface area is 151 Å². The fraction of sp³-hybridized carbons (Fsp3) is 0.316. The number of nitrogens with zero attached hydrogens (tertiary/aromatic N) is 2. The quantitative estimate of drug-likeness (QED) is 0.898. The average Bonchev–Trinajstić information content (AvgIpc) is 2.69. The number of piperazine rings is 1. The number of ether oxygens (including phenoxy) is 2. The van der Waals surface area contributed by atoms with Crippen LogP contribution in [0.5, 0.6) is 11.5 Å². The number of carbonyl (C=O) groups excluding carboxylic acids is 1. The number of hydrogen-bond acceptors (Lipinski definition) is 4. The van der Waals surface area contributed by atoms with E-state index >= 15 is 0 Å². The SMILES string of the molecule is O=C(Nc1cccc2c1OCCO2)N1CCN(c2ccccc2F)CC1. The Morgan fingerprint density at radius 3 is 2.54 bits per heavy atom. The lowest BCUT2D eigenvalue weighted by atomic mass is 10.2. The molecule has 0 bridgehead atoms. The third-order valence-corrected chi connectivity index (χ3v) is 4.57. The van der Waals surface area contributed by atoms with Crippen LogP contribution in [-0.2, 0) is 0 Å². The smallest absolute Gasteiger partial charge is 0.322 e. The largest absolute Gasteiger partial charge is 0.486 e. The predicted octanol–water partition coefficient (Wildman–Crippen LogP) is 2.95. The van der Waals surface area contributed by atoms with Crippen LogP contribution in [-0.4, -0.2) is 50.3 Å². The minimum Gasteiger partial charge on any atom is -0.486 e. The molecule has 0 aliphatic carbocycles. The zero-order chi connectivity index (χ0) is 17.9. The van der Waals surface area contributed by atoms with Crippen molar-refractivity contribution in [1.29, 1.82) is 0 Å². The van der Waals surface area contributed by atoms with Gasteiger partial charge in [0.2, 0.25) is 0 Å². The first-order valence-electron chi connectivity index (χ1n) is 8.66. The summed E-state index contributed by atoms with van der Waals surface area (Å²) in [4.78, 5) is 16.3. The van der Waals surface area contributed by atoms with Gasteiger partial charge in [0, 0.05) is 26.2 Å². The second-order valence-electron chi connectivity index (χ2n) is 6.19. The summed E-state index contributed by atoms with van der Waals surface area (Å²) in [5.41, 5.74) is 1.18. The fourth-order valence-electron chi connectivity index (χ4n) is 3.23. The van der Waals surface area contributed by atoms with E-state index in [9.17, 15) is 9.18 Å². The Bertz CT molecular complexity index is 806. The number of rotatable bonds is 2. The number of benzene rings is 2. The van der Waals surface area contributed by atoms with Crippen LogP contribution in [0, 0.1) is 5.82 Å². The highest BCUT2D eigenvalue weighted by atomic mass is 19.1. The van der Waals surface area contributed by atoms with Gasteiger partial charge in [-0.25, -0.2) is 9.18 Å². The first-order chi connectivity index (χ1) is 12.7. The molecule has 6 nitrogen and oxygen atoms in total. The predicted molar refractivity (Wildman–Crippen MR) is 96.6 cm³/mol. The van der Waals surface area contributed by atoms with E-state index in [-0.39, 0.29) is 11.8 Å². The molecule has 2 aliphatic heterocycles. The van der Waals surface area contributed by atoms with Gasteiger partial charge in [0.1, 0.15) is 19.0 Å². The minimum absolute atomic E-state index is 0.194. The molecular weight excluding hydrogens is 337 g/mol. The number of fused-ring (bicyclic) bond motifs is 1. The molecule has 7 heteroatoms. The van der Waals surface area contributed by atoms with E-state index in [1.807, 2.05) is 23.1 Å². The summed E-state index contributed by atoms with van der Waals surface area (Å²) < 4.78 is 25.1. The number of amides is 2. The van der Waals surface area contributed by atoms with Gasteiger partial charge >= 0.3 is 6.03 Å². The molecule has 0 radical (unpaired) electrons. The van der Waals surface area contributed by atoms with Crippen LogP contribution in [0.4, 0.5) is 20.6 Å². The average molecular weight is 357 g/mol. The molecule has 0 saturated carbocycles. The molecule has 2 aromatic carbocycles. The van der Waals surface area contributed by atoms with Crippen LogP contribution in [0.25, 0.3) is 0 Å². The molecule has 2 aliphatic rings. The van der Waals surface area contributed by atoms with E-state index in [0.29, 0.717) is 62.3 Å². The summed E-state index contributed by atoms with van der Waals surface area (Å²) >= 11 is 0. The number of halogens is 1. The normalized spacial score (nSPS) is 16.3. The van der Waals surface area contributed by atoms with E-state index < -0.39 is 0 Å². The zero-order valence-corrected chi connectivity index (χ0v) is 14.3. The van der Waals surface area contributed by atoms with E-state index in [1.54, 1.807) is 23.1 Å². The molecule has 2 amide bonds. The van der Waals surface area contributed by atoms with Crippen LogP contribution in [0.2, 0.25) is 0 Å². The Morgan fingerprint density at radius 2 is 1.73 bits per heavy atom. The molecule has 2 heterocycles. The van der Waals surface area contributed by atoms with Gasteiger partial charge < -0.3 is 24.6 Å². The van der Waals surface area contributed by atoms with Gasteiger partial charge in [0.05, 0.1) is 11.4 Å². The van der Waals surface area contributed by atoms with Crippen molar-refractivity contribution in [3.05, 3.63) is 48.3 Å². The van der Waals surface area contributed by atoms with Crippen molar-refractivity contribution in [2.45, 2.75) is 0 Å². The molecule has 2 aromatic rings. The van der Waals surface area contributed by atoms with E-state index in [1.165, 1.54) is 6.07 Å². The molecule has 0 aromatic heterocycles. The van der Waals surface area contributed by atoms with Crippen molar-refractivity contribution in [1.82, 2.24) is 4.90 Å². The first kappa shape index (κ1) is 16.5. The third kappa shape index (κ3) is 3.24. The minimum atomic E-state index is -0.238. The van der Waals surface area contributed by atoms with Crippen molar-refractivity contribution < 1.29 is 18.7 Å². The maximum Gasteiger partial charge on any atom is 0.322 e. The monoisotopic (exact) mass is 357 g/mol. The summed E-state index contributed by atoms with van der Waals surface area (Å²) in [6, 6.07) is 11.9. The van der Waals surface area contributed by atoms with E-state index in [2.05, 4.69) is 5.32 Å². The summed E-state index contributed by atoms with van der Waals surface area (Å²) in [5, 5.41) is 2.90. The molecule has 26 heavy (non-hydrogen) atoms. The summed E-state index contributed by atoms with van der Waals surface area (Å²) in [6.07, 6.45) is 0. The summed E-state index contributed by atoms with van der Waals surface area (Å²) in [6.45, 7) is 3.17. The molecule has 136 valence electrons. The zero-order valence-electron chi connectivity index (χ0n) is 14.3. The second-order valence-corrected chi connectivity index (χ2v) is 6.19. The Kier molecular flexibility index (Phi) is 4.51. The third-order valence-electron chi connectivity index (χ3n) is 4.57. The number of carbonyl (C=O) groups is 1. The van der Waals surface area contributed by atoms with Gasteiger partial charge in [-0.2, -0.15) is 0 Å². The molecule has 1 fully saturated rings. The van der Waals surface area contributed by atoms with Gasteiger partial charge in [0.25, 0.3) is 0 Å². The van der Waals surface area contributed by atoms with Gasteiger partial charge in [-0.1, -0.05) is 18.2 Å². The first-order valence-corrected chi connectivity index (χ1v) is 8.66. The number of anilines is 2. The molecular formula is C19H20FN3O3. The highest BCUT2D eigenvalue weighted by Crippen LogP contribution is 2.37. The van der Waals surface area contributed by atoms with Crippen molar-refractivity contribution >= 4 is 17.4 Å². The van der Waals surface area contributed by atoms with E-state index in [4.69, 9.17) is 9.47 Å². The lowest BCUT2D eigenvalue weighted by Gasteiger charge is -2.36. The van der Waals surface area contributed by atoms with Crippen LogP contribution in [0.1, 0.15) is 0 Å². The van der Waals surface area contributed by atoms with Crippen LogP contribution in [0.3, 0.4) is 0 Å². The van der Waals surface area contributed by atoms with Crippen molar-refractivity contribution in [3.8, 4) is 11.5 Å². The highest BCUT2D eigenvalue weighted by molar-refractivity contribution is 5.91. The highest BCUT2D eigenvalue weighted by Gasteiger charge is 2.24. The maximum absolute atomic E-state index is 13.9. The van der Waals surface area contributed by atoms with E-state index in [0.717, 1.165) is 0 Å². The van der Waals surface area contributed by atoms with Gasteiger partial charge in [-0.15, -0.1) is 0 Å². The van der Waals surface area contributed by atoms with Gasteiger partial charge in [-0.05, 0) is 24.3 Å². The Balaban J connectivity index is 1.39. The standard InChI is InChI=1S/C19H20FN3O3/c20-14-4-1-2-6-16(14)22-8-10-23(11-9-22)19(24)21-15-5-3-7-17-18(15)26-13-12-25-17/h1-7H,8-13H2,(H,21,24). The number of hydrogen-bond donors (Lipinski definition) is 1. The molecule has 0 atom stereocenters. The number of para-hydroxylation sites is 2. The molecule has 1 N–H and O–H groups in total. The number of urea groups is 1. The van der Waals surface area contributed by atoms with Gasteiger partial charge in [0.15, 0.2) is 11.5 Å². The van der Waals surface area contributed by atoms with Crippen molar-refractivity contribution in [2.24, 2.45) is 0 Å². The van der Waals surface area contributed by atoms with Crippen molar-refractivity contribution in [2.75, 3.05) is 49.6 Å². The van der Waals surface area contributed by atoms with Gasteiger partial charge in [-0.3, -0.25) is 0 Å². The Hall–Kier alpha value is -2.96. The fourth-order valence-corrected chi connectivity index (χ4v) is 3.23. The molecule has 0 spiro atoms.